The average molecular weight is 398 g/mol. The lowest BCUT2D eigenvalue weighted by molar-refractivity contribution is 0.601. The average Bonchev–Trinajstić information content (AvgIpc) is 2.60. The molecule has 28 heavy (non-hydrogen) atoms. The van der Waals surface area contributed by atoms with Gasteiger partial charge in [0.2, 0.25) is 0 Å². The maximum absolute atomic E-state index is 12.5. The molecular weight excluding hydrogens is 380 g/mol. The summed E-state index contributed by atoms with van der Waals surface area (Å²) in [5.41, 5.74) is 12.7. The minimum Gasteiger partial charge on any atom is -0.384 e. The number of benzene rings is 1. The van der Waals surface area contributed by atoms with Gasteiger partial charge in [0.25, 0.3) is 10.0 Å². The van der Waals surface area contributed by atoms with Gasteiger partial charge in [-0.1, -0.05) is 0 Å². The van der Waals surface area contributed by atoms with E-state index in [1.165, 1.54) is 24.3 Å². The van der Waals surface area contributed by atoms with Gasteiger partial charge in [-0.25, -0.2) is 23.4 Å². The molecule has 144 valence electrons. The third-order valence-corrected chi connectivity index (χ3v) is 4.92. The van der Waals surface area contributed by atoms with Gasteiger partial charge < -0.3 is 11.5 Å². The van der Waals surface area contributed by atoms with Crippen molar-refractivity contribution >= 4 is 38.9 Å². The molecule has 0 bridgehead atoms. The fraction of sp³-hybridized carbons (Fsp3) is 0.118. The molecule has 0 spiro atoms. The predicted octanol–water partition coefficient (Wildman–Crippen LogP) is 2.87. The molecule has 0 saturated heterocycles. The topological polar surface area (TPSA) is 162 Å². The van der Waals surface area contributed by atoms with Crippen LogP contribution in [0.1, 0.15) is 11.5 Å². The van der Waals surface area contributed by atoms with Crippen LogP contribution >= 0.6 is 0 Å². The molecule has 0 radical (unpaired) electrons. The van der Waals surface area contributed by atoms with Crippen LogP contribution in [0.25, 0.3) is 0 Å². The number of pyridine rings is 1. The van der Waals surface area contributed by atoms with E-state index in [1.807, 2.05) is 0 Å². The lowest BCUT2D eigenvalue weighted by Crippen LogP contribution is -2.14. The number of nitrogens with zero attached hydrogens (tertiary/aromatic N) is 5. The second-order valence-corrected chi connectivity index (χ2v) is 7.56. The van der Waals surface area contributed by atoms with Crippen molar-refractivity contribution in [3.8, 4) is 0 Å². The first-order valence-electron chi connectivity index (χ1n) is 8.12. The van der Waals surface area contributed by atoms with Gasteiger partial charge in [-0.2, -0.15) is 5.11 Å². The Morgan fingerprint density at radius 3 is 2.29 bits per heavy atom. The number of nitrogens with one attached hydrogen (secondary N) is 1. The third kappa shape index (κ3) is 4.57. The molecule has 0 saturated carbocycles. The van der Waals surface area contributed by atoms with Gasteiger partial charge >= 0.3 is 0 Å². The first kappa shape index (κ1) is 19.2. The van der Waals surface area contributed by atoms with Gasteiger partial charge in [0.1, 0.15) is 23.1 Å². The van der Waals surface area contributed by atoms with Crippen molar-refractivity contribution in [1.29, 1.82) is 0 Å². The third-order valence-electron chi connectivity index (χ3n) is 3.55. The van der Waals surface area contributed by atoms with Gasteiger partial charge in [-0.3, -0.25) is 4.72 Å². The standard InChI is InChI=1S/C17H18N8O2S/c1-10-9-16(21-11(2)20-10)25-28(26,27)13-5-3-12(4-6-13)23-24-14-7-8-15(18)22-17(14)19/h3-9H,1-2H3,(H4,18,19,22)(H,20,21,25). The number of hydrogen-bond donors (Lipinski definition) is 3. The van der Waals surface area contributed by atoms with Crippen LogP contribution in [0.15, 0.2) is 57.6 Å². The molecule has 2 aromatic heterocycles. The van der Waals surface area contributed by atoms with E-state index in [0.29, 0.717) is 22.9 Å². The molecular formula is C17H18N8O2S. The Labute approximate surface area is 161 Å². The predicted molar refractivity (Wildman–Crippen MR) is 106 cm³/mol. The zero-order valence-corrected chi connectivity index (χ0v) is 16.0. The van der Waals surface area contributed by atoms with E-state index in [1.54, 1.807) is 32.0 Å². The summed E-state index contributed by atoms with van der Waals surface area (Å²) in [4.78, 5) is 12.1. The first-order valence-corrected chi connectivity index (χ1v) is 9.60. The molecule has 3 rings (SSSR count). The van der Waals surface area contributed by atoms with Gasteiger partial charge in [0.15, 0.2) is 5.82 Å². The highest BCUT2D eigenvalue weighted by Crippen LogP contribution is 2.25. The minimum atomic E-state index is -3.80. The normalized spacial score (nSPS) is 11.6. The van der Waals surface area contributed by atoms with Crippen molar-refractivity contribution in [3.63, 3.8) is 0 Å². The molecule has 5 N–H and O–H groups in total. The van der Waals surface area contributed by atoms with Crippen molar-refractivity contribution in [2.75, 3.05) is 16.2 Å². The zero-order valence-electron chi connectivity index (χ0n) is 15.2. The van der Waals surface area contributed by atoms with Crippen molar-refractivity contribution in [1.82, 2.24) is 15.0 Å². The molecule has 1 aromatic carbocycles. The first-order chi connectivity index (χ1) is 13.2. The molecule has 3 aromatic rings. The number of aryl methyl sites for hydroxylation is 2. The summed E-state index contributed by atoms with van der Waals surface area (Å²) >= 11 is 0. The number of nitrogens with two attached hydrogens (primary N) is 2. The molecule has 0 amide bonds. The van der Waals surface area contributed by atoms with E-state index in [0.717, 1.165) is 0 Å². The molecule has 10 nitrogen and oxygen atoms in total. The van der Waals surface area contributed by atoms with Crippen LogP contribution in [-0.4, -0.2) is 23.4 Å². The zero-order chi connectivity index (χ0) is 20.3. The van der Waals surface area contributed by atoms with Crippen LogP contribution in [0.2, 0.25) is 0 Å². The lowest BCUT2D eigenvalue weighted by atomic mass is 10.3. The number of anilines is 3. The molecule has 0 fully saturated rings. The Balaban J connectivity index is 1.78. The van der Waals surface area contributed by atoms with E-state index in [4.69, 9.17) is 11.5 Å². The van der Waals surface area contributed by atoms with Crippen LogP contribution < -0.4 is 16.2 Å². The Morgan fingerprint density at radius 2 is 1.64 bits per heavy atom. The van der Waals surface area contributed by atoms with E-state index >= 15 is 0 Å². The highest BCUT2D eigenvalue weighted by Gasteiger charge is 2.15. The number of aromatic nitrogens is 3. The van der Waals surface area contributed by atoms with E-state index in [-0.39, 0.29) is 22.3 Å². The second kappa shape index (κ2) is 7.56. The molecule has 0 aliphatic heterocycles. The van der Waals surface area contributed by atoms with Crippen LogP contribution in [0.3, 0.4) is 0 Å². The largest absolute Gasteiger partial charge is 0.384 e. The monoisotopic (exact) mass is 398 g/mol. The highest BCUT2D eigenvalue weighted by molar-refractivity contribution is 7.92. The summed E-state index contributed by atoms with van der Waals surface area (Å²) in [6, 6.07) is 10.6. The van der Waals surface area contributed by atoms with Crippen molar-refractivity contribution in [2.45, 2.75) is 18.7 Å². The molecule has 11 heteroatoms. The quantitative estimate of drug-likeness (QED) is 0.556. The van der Waals surface area contributed by atoms with Gasteiger partial charge in [-0.05, 0) is 50.2 Å². The summed E-state index contributed by atoms with van der Waals surface area (Å²) < 4.78 is 27.5. The summed E-state index contributed by atoms with van der Waals surface area (Å²) in [5.74, 6) is 1.13. The lowest BCUT2D eigenvalue weighted by Gasteiger charge is -2.08. The number of azo groups is 1. The smallest absolute Gasteiger partial charge is 0.263 e. The molecule has 0 aliphatic rings. The van der Waals surface area contributed by atoms with Gasteiger partial charge in [0.05, 0.1) is 10.6 Å². The van der Waals surface area contributed by atoms with Crippen LogP contribution in [0.4, 0.5) is 28.8 Å². The number of hydrogen-bond acceptors (Lipinski definition) is 9. The highest BCUT2D eigenvalue weighted by atomic mass is 32.2. The molecule has 0 aliphatic carbocycles. The van der Waals surface area contributed by atoms with Crippen LogP contribution in [0, 0.1) is 13.8 Å². The molecule has 2 heterocycles. The van der Waals surface area contributed by atoms with Gasteiger partial charge in [0, 0.05) is 11.8 Å². The van der Waals surface area contributed by atoms with Crippen molar-refractivity contribution in [2.24, 2.45) is 10.2 Å². The minimum absolute atomic E-state index is 0.0639. The summed E-state index contributed by atoms with van der Waals surface area (Å²) in [7, 11) is -3.80. The Kier molecular flexibility index (Phi) is 5.18. The van der Waals surface area contributed by atoms with Crippen molar-refractivity contribution in [3.05, 3.63) is 54.0 Å². The number of sulfonamides is 1. The summed E-state index contributed by atoms with van der Waals surface area (Å²) in [5, 5.41) is 8.02. The Morgan fingerprint density at radius 1 is 0.929 bits per heavy atom. The van der Waals surface area contributed by atoms with Crippen LogP contribution in [0.5, 0.6) is 0 Å². The van der Waals surface area contributed by atoms with Crippen LogP contribution in [-0.2, 0) is 10.0 Å². The van der Waals surface area contributed by atoms with Crippen molar-refractivity contribution < 1.29 is 8.42 Å². The molecule has 0 unspecified atom stereocenters. The second-order valence-electron chi connectivity index (χ2n) is 5.88. The Bertz CT molecular complexity index is 1120. The fourth-order valence-corrected chi connectivity index (χ4v) is 3.33. The Hall–Kier alpha value is -3.60. The maximum atomic E-state index is 12.5. The molecule has 0 atom stereocenters. The van der Waals surface area contributed by atoms with Gasteiger partial charge in [-0.15, -0.1) is 5.11 Å². The number of rotatable bonds is 5. The summed E-state index contributed by atoms with van der Waals surface area (Å²) in [6.45, 7) is 3.45. The number of nitrogen functional groups attached to an aromatic ring is 2. The van der Waals surface area contributed by atoms with E-state index in [9.17, 15) is 8.42 Å². The van der Waals surface area contributed by atoms with E-state index < -0.39 is 10.0 Å². The summed E-state index contributed by atoms with van der Waals surface area (Å²) in [6.07, 6.45) is 0. The fourth-order valence-electron chi connectivity index (χ4n) is 2.34. The SMILES string of the molecule is Cc1cc(NS(=O)(=O)c2ccc(N=Nc3ccc(N)nc3N)cc2)nc(C)n1. The maximum Gasteiger partial charge on any atom is 0.263 e. The van der Waals surface area contributed by atoms with E-state index in [2.05, 4.69) is 29.9 Å².